The molecule has 0 saturated carbocycles. The van der Waals surface area contributed by atoms with Gasteiger partial charge in [-0.05, 0) is 31.5 Å². The zero-order chi connectivity index (χ0) is 11.6. The second-order valence-corrected chi connectivity index (χ2v) is 7.66. The summed E-state index contributed by atoms with van der Waals surface area (Å²) in [5, 5.41) is 0. The number of hydrogen-bond donors (Lipinski definition) is 0. The van der Waals surface area contributed by atoms with Crippen molar-refractivity contribution < 1.29 is 0 Å². The third kappa shape index (κ3) is 3.51. The van der Waals surface area contributed by atoms with E-state index >= 15 is 0 Å². The van der Waals surface area contributed by atoms with Crippen LogP contribution in [-0.2, 0) is 6.54 Å². The van der Waals surface area contributed by atoms with Crippen LogP contribution in [0.25, 0.3) is 0 Å². The van der Waals surface area contributed by atoms with Crippen LogP contribution in [0.3, 0.4) is 0 Å². The maximum absolute atomic E-state index is 3.47. The fourth-order valence-corrected chi connectivity index (χ4v) is 3.54. The van der Waals surface area contributed by atoms with Crippen LogP contribution in [0.1, 0.15) is 19.4 Å². The van der Waals surface area contributed by atoms with Gasteiger partial charge >= 0.3 is 0 Å². The standard InChI is InChI=1S/C13H18BrNS/c1-13(2)10-15(7-8-16-13)9-11-3-5-12(14)6-4-11/h3-6H,7-10H2,1-2H3. The van der Waals surface area contributed by atoms with E-state index in [4.69, 9.17) is 0 Å². The molecule has 0 amide bonds. The van der Waals surface area contributed by atoms with Crippen LogP contribution in [-0.4, -0.2) is 28.5 Å². The van der Waals surface area contributed by atoms with Gasteiger partial charge in [-0.3, -0.25) is 4.90 Å². The number of thioether (sulfide) groups is 1. The number of hydrogen-bond acceptors (Lipinski definition) is 2. The number of halogens is 1. The summed E-state index contributed by atoms with van der Waals surface area (Å²) in [6.45, 7) is 8.16. The third-order valence-corrected chi connectivity index (χ3v) is 4.65. The van der Waals surface area contributed by atoms with Gasteiger partial charge in [0, 0.05) is 34.6 Å². The van der Waals surface area contributed by atoms with Gasteiger partial charge in [-0.2, -0.15) is 11.8 Å². The average molecular weight is 300 g/mol. The van der Waals surface area contributed by atoms with Crippen LogP contribution < -0.4 is 0 Å². The Morgan fingerprint density at radius 1 is 1.31 bits per heavy atom. The third-order valence-electron chi connectivity index (χ3n) is 2.82. The highest BCUT2D eigenvalue weighted by atomic mass is 79.9. The van der Waals surface area contributed by atoms with E-state index in [2.05, 4.69) is 70.7 Å². The Kier molecular flexibility index (Phi) is 3.98. The fraction of sp³-hybridized carbons (Fsp3) is 0.538. The Morgan fingerprint density at radius 3 is 2.62 bits per heavy atom. The van der Waals surface area contributed by atoms with Crippen molar-refractivity contribution in [3.63, 3.8) is 0 Å². The quantitative estimate of drug-likeness (QED) is 0.818. The van der Waals surface area contributed by atoms with Crippen LogP contribution in [0.2, 0.25) is 0 Å². The van der Waals surface area contributed by atoms with E-state index in [1.54, 1.807) is 0 Å². The molecular formula is C13H18BrNS. The van der Waals surface area contributed by atoms with Crippen LogP contribution in [0.4, 0.5) is 0 Å². The van der Waals surface area contributed by atoms with E-state index in [1.165, 1.54) is 24.4 Å². The van der Waals surface area contributed by atoms with Crippen molar-refractivity contribution in [3.8, 4) is 0 Å². The second-order valence-electron chi connectivity index (χ2n) is 4.95. The molecule has 16 heavy (non-hydrogen) atoms. The molecule has 1 aliphatic rings. The molecule has 0 bridgehead atoms. The van der Waals surface area contributed by atoms with Crippen molar-refractivity contribution in [2.24, 2.45) is 0 Å². The Balaban J connectivity index is 1.97. The zero-order valence-corrected chi connectivity index (χ0v) is 12.3. The Morgan fingerprint density at radius 2 is 2.00 bits per heavy atom. The molecule has 0 unspecified atom stereocenters. The summed E-state index contributed by atoms with van der Waals surface area (Å²) in [7, 11) is 0. The van der Waals surface area contributed by atoms with Gasteiger partial charge in [0.1, 0.15) is 0 Å². The summed E-state index contributed by atoms with van der Waals surface area (Å²) in [4.78, 5) is 2.56. The second kappa shape index (κ2) is 5.11. The molecule has 0 spiro atoms. The van der Waals surface area contributed by atoms with Crippen molar-refractivity contribution in [3.05, 3.63) is 34.3 Å². The largest absolute Gasteiger partial charge is 0.297 e. The number of benzene rings is 1. The van der Waals surface area contributed by atoms with Crippen molar-refractivity contribution in [2.45, 2.75) is 25.1 Å². The van der Waals surface area contributed by atoms with Gasteiger partial charge in [0.15, 0.2) is 0 Å². The van der Waals surface area contributed by atoms with E-state index in [0.717, 1.165) is 11.0 Å². The van der Waals surface area contributed by atoms with Gasteiger partial charge in [-0.15, -0.1) is 0 Å². The number of nitrogens with zero attached hydrogens (tertiary/aromatic N) is 1. The first-order valence-electron chi connectivity index (χ1n) is 5.66. The SMILES string of the molecule is CC1(C)CN(Cc2ccc(Br)cc2)CCS1. The van der Waals surface area contributed by atoms with Crippen molar-refractivity contribution in [1.29, 1.82) is 0 Å². The molecule has 1 aromatic rings. The molecule has 0 N–H and O–H groups in total. The van der Waals surface area contributed by atoms with Crippen molar-refractivity contribution in [2.75, 3.05) is 18.8 Å². The van der Waals surface area contributed by atoms with E-state index in [0.29, 0.717) is 4.75 Å². The minimum absolute atomic E-state index is 0.410. The van der Waals surface area contributed by atoms with Gasteiger partial charge in [0.25, 0.3) is 0 Å². The van der Waals surface area contributed by atoms with Crippen molar-refractivity contribution in [1.82, 2.24) is 4.90 Å². The molecule has 0 aromatic heterocycles. The molecule has 0 aliphatic carbocycles. The molecule has 1 saturated heterocycles. The predicted molar refractivity (Wildman–Crippen MR) is 76.0 cm³/mol. The summed E-state index contributed by atoms with van der Waals surface area (Å²) in [6.07, 6.45) is 0. The minimum atomic E-state index is 0.410. The normalized spacial score (nSPS) is 20.9. The zero-order valence-electron chi connectivity index (χ0n) is 9.87. The van der Waals surface area contributed by atoms with E-state index in [9.17, 15) is 0 Å². The molecule has 88 valence electrons. The van der Waals surface area contributed by atoms with E-state index < -0.39 is 0 Å². The van der Waals surface area contributed by atoms with Gasteiger partial charge in [-0.1, -0.05) is 28.1 Å². The van der Waals surface area contributed by atoms with Gasteiger partial charge in [0.05, 0.1) is 0 Å². The van der Waals surface area contributed by atoms with E-state index in [-0.39, 0.29) is 0 Å². The van der Waals surface area contributed by atoms with Crippen LogP contribution in [0.15, 0.2) is 28.7 Å². The molecule has 0 radical (unpaired) electrons. The first-order chi connectivity index (χ1) is 7.55. The Labute approximate surface area is 111 Å². The van der Waals surface area contributed by atoms with Crippen LogP contribution in [0, 0.1) is 0 Å². The lowest BCUT2D eigenvalue weighted by atomic mass is 10.1. The Hall–Kier alpha value is 0.01000. The van der Waals surface area contributed by atoms with Crippen LogP contribution >= 0.6 is 27.7 Å². The average Bonchev–Trinajstić information content (AvgIpc) is 2.20. The number of rotatable bonds is 2. The maximum Gasteiger partial charge on any atom is 0.0234 e. The molecule has 0 atom stereocenters. The maximum atomic E-state index is 3.47. The summed E-state index contributed by atoms with van der Waals surface area (Å²) < 4.78 is 1.57. The lowest BCUT2D eigenvalue weighted by Crippen LogP contribution is -2.42. The fourth-order valence-electron chi connectivity index (χ4n) is 2.10. The molecule has 1 aromatic carbocycles. The van der Waals surface area contributed by atoms with Gasteiger partial charge in [0.2, 0.25) is 0 Å². The summed E-state index contributed by atoms with van der Waals surface area (Å²) in [6, 6.07) is 8.66. The molecule has 3 heteroatoms. The topological polar surface area (TPSA) is 3.24 Å². The molecule has 1 nitrogen and oxygen atoms in total. The van der Waals surface area contributed by atoms with Gasteiger partial charge < -0.3 is 0 Å². The highest BCUT2D eigenvalue weighted by Crippen LogP contribution is 2.30. The van der Waals surface area contributed by atoms with Crippen molar-refractivity contribution >= 4 is 27.7 Å². The first kappa shape index (κ1) is 12.5. The molecule has 1 aliphatic heterocycles. The highest BCUT2D eigenvalue weighted by Gasteiger charge is 2.26. The summed E-state index contributed by atoms with van der Waals surface area (Å²) in [5.41, 5.74) is 1.41. The minimum Gasteiger partial charge on any atom is -0.297 e. The molecule has 1 heterocycles. The lowest BCUT2D eigenvalue weighted by Gasteiger charge is -2.37. The molecule has 1 fully saturated rings. The van der Waals surface area contributed by atoms with E-state index in [1.807, 2.05) is 0 Å². The van der Waals surface area contributed by atoms with Gasteiger partial charge in [-0.25, -0.2) is 0 Å². The summed E-state index contributed by atoms with van der Waals surface area (Å²) in [5.74, 6) is 1.25. The molecule has 2 rings (SSSR count). The van der Waals surface area contributed by atoms with Crippen LogP contribution in [0.5, 0.6) is 0 Å². The predicted octanol–water partition coefficient (Wildman–Crippen LogP) is 3.78. The summed E-state index contributed by atoms with van der Waals surface area (Å²) >= 11 is 5.56. The Bertz CT molecular complexity index is 347. The smallest absolute Gasteiger partial charge is 0.0234 e. The monoisotopic (exact) mass is 299 g/mol. The highest BCUT2D eigenvalue weighted by molar-refractivity contribution is 9.10. The first-order valence-corrected chi connectivity index (χ1v) is 7.44. The molecular weight excluding hydrogens is 282 g/mol. The lowest BCUT2D eigenvalue weighted by molar-refractivity contribution is 0.252.